The van der Waals surface area contributed by atoms with Gasteiger partial charge in [0, 0.05) is 12.3 Å². The van der Waals surface area contributed by atoms with E-state index in [1.54, 1.807) is 0 Å². The van der Waals surface area contributed by atoms with Crippen LogP contribution in [0, 0.1) is 0 Å². The van der Waals surface area contributed by atoms with Gasteiger partial charge in [0.1, 0.15) is 0 Å². The third-order valence-electron chi connectivity index (χ3n) is 0.790. The van der Waals surface area contributed by atoms with Gasteiger partial charge in [-0.1, -0.05) is 4.52 Å². The molecule has 0 aliphatic carbocycles. The van der Waals surface area contributed by atoms with E-state index < -0.39 is 6.03 Å². The van der Waals surface area contributed by atoms with Crippen LogP contribution >= 0.6 is 11.9 Å². The lowest BCUT2D eigenvalue weighted by Gasteiger charge is -2.11. The fourth-order valence-corrected chi connectivity index (χ4v) is 1.20. The summed E-state index contributed by atoms with van der Waals surface area (Å²) in [5.74, 6) is 0.959. The van der Waals surface area contributed by atoms with Crippen LogP contribution < -0.4 is 16.6 Å². The van der Waals surface area contributed by atoms with Gasteiger partial charge in [-0.25, -0.2) is 15.6 Å². The average molecular weight is 148 g/mol. The molecule has 0 spiro atoms. The SMILES string of the molecule is NC(=O)NN1NCCS1. The lowest BCUT2D eigenvalue weighted by Crippen LogP contribution is -2.45. The van der Waals surface area contributed by atoms with Gasteiger partial charge in [0.15, 0.2) is 0 Å². The number of hydrogen-bond donors (Lipinski definition) is 3. The highest BCUT2D eigenvalue weighted by atomic mass is 32.2. The minimum absolute atomic E-state index is 0.545. The van der Waals surface area contributed by atoms with E-state index in [0.29, 0.717) is 0 Å². The lowest BCUT2D eigenvalue weighted by molar-refractivity contribution is 0.221. The summed E-state index contributed by atoms with van der Waals surface area (Å²) in [6.45, 7) is 0.866. The third-order valence-corrected chi connectivity index (χ3v) is 1.65. The van der Waals surface area contributed by atoms with Crippen LogP contribution in [0.25, 0.3) is 0 Å². The molecule has 1 heterocycles. The number of hydrazine groups is 2. The molecule has 0 atom stereocenters. The van der Waals surface area contributed by atoms with Crippen LogP contribution in [0.1, 0.15) is 0 Å². The van der Waals surface area contributed by atoms with Gasteiger partial charge in [-0.3, -0.25) is 0 Å². The van der Waals surface area contributed by atoms with Crippen molar-refractivity contribution in [3.05, 3.63) is 0 Å². The van der Waals surface area contributed by atoms with Crippen LogP contribution in [0.15, 0.2) is 0 Å². The molecule has 2 amide bonds. The van der Waals surface area contributed by atoms with E-state index in [-0.39, 0.29) is 0 Å². The fourth-order valence-electron chi connectivity index (χ4n) is 0.502. The monoisotopic (exact) mass is 148 g/mol. The molecule has 1 aliphatic rings. The number of urea groups is 1. The van der Waals surface area contributed by atoms with Crippen molar-refractivity contribution in [1.29, 1.82) is 0 Å². The molecule has 4 N–H and O–H groups in total. The predicted molar refractivity (Wildman–Crippen MR) is 35.0 cm³/mol. The van der Waals surface area contributed by atoms with Crippen molar-refractivity contribution in [2.45, 2.75) is 0 Å². The summed E-state index contributed by atoms with van der Waals surface area (Å²) < 4.78 is 1.50. The summed E-state index contributed by atoms with van der Waals surface area (Å²) in [6.07, 6.45) is 0. The van der Waals surface area contributed by atoms with E-state index in [9.17, 15) is 4.79 Å². The first-order valence-electron chi connectivity index (χ1n) is 2.51. The van der Waals surface area contributed by atoms with E-state index in [1.165, 1.54) is 16.5 Å². The van der Waals surface area contributed by atoms with Crippen LogP contribution in [0.3, 0.4) is 0 Å². The number of amides is 2. The molecule has 1 saturated heterocycles. The number of primary amides is 1. The molecule has 0 radical (unpaired) electrons. The maximum atomic E-state index is 10.2. The Balaban J connectivity index is 2.19. The number of carbonyl (C=O) groups excluding carboxylic acids is 1. The first kappa shape index (κ1) is 6.66. The number of hydrogen-bond acceptors (Lipinski definition) is 4. The Morgan fingerprint density at radius 3 is 3.11 bits per heavy atom. The zero-order chi connectivity index (χ0) is 6.69. The highest BCUT2D eigenvalue weighted by Crippen LogP contribution is 2.06. The normalized spacial score (nSPS) is 20.0. The van der Waals surface area contributed by atoms with E-state index in [0.717, 1.165) is 12.3 Å². The average Bonchev–Trinajstić information content (AvgIpc) is 2.15. The van der Waals surface area contributed by atoms with Crippen molar-refractivity contribution in [1.82, 2.24) is 15.4 Å². The minimum Gasteiger partial charge on any atom is -0.350 e. The first-order chi connectivity index (χ1) is 4.29. The van der Waals surface area contributed by atoms with Crippen LogP contribution in [-0.4, -0.2) is 22.9 Å². The molecule has 5 nitrogen and oxygen atoms in total. The Morgan fingerprint density at radius 1 is 1.89 bits per heavy atom. The van der Waals surface area contributed by atoms with Gasteiger partial charge >= 0.3 is 6.03 Å². The Labute approximate surface area is 57.0 Å². The Kier molecular flexibility index (Phi) is 2.15. The molecule has 0 aromatic rings. The summed E-state index contributed by atoms with van der Waals surface area (Å²) in [6, 6.07) is -0.545. The number of nitrogens with two attached hydrogens (primary N) is 1. The summed E-state index contributed by atoms with van der Waals surface area (Å²) in [5, 5.41) is 0. The molecule has 9 heavy (non-hydrogen) atoms. The quantitative estimate of drug-likeness (QED) is 0.419. The van der Waals surface area contributed by atoms with Gasteiger partial charge in [0.2, 0.25) is 0 Å². The smallest absolute Gasteiger partial charge is 0.328 e. The van der Waals surface area contributed by atoms with Crippen molar-refractivity contribution in [3.63, 3.8) is 0 Å². The van der Waals surface area contributed by atoms with Gasteiger partial charge in [0.05, 0.1) is 0 Å². The van der Waals surface area contributed by atoms with Crippen LogP contribution in [-0.2, 0) is 0 Å². The van der Waals surface area contributed by atoms with E-state index >= 15 is 0 Å². The molecule has 0 saturated carbocycles. The second-order valence-corrected chi connectivity index (χ2v) is 2.54. The number of carbonyl (C=O) groups is 1. The Bertz CT molecular complexity index is 112. The van der Waals surface area contributed by atoms with Crippen LogP contribution in [0.4, 0.5) is 4.79 Å². The second kappa shape index (κ2) is 2.90. The Hall–Kier alpha value is -0.460. The summed E-state index contributed by atoms with van der Waals surface area (Å²) >= 11 is 1.48. The van der Waals surface area contributed by atoms with E-state index in [2.05, 4.69) is 10.9 Å². The second-order valence-electron chi connectivity index (χ2n) is 1.51. The molecular formula is C3H8N4OS. The topological polar surface area (TPSA) is 70.4 Å². The zero-order valence-corrected chi connectivity index (χ0v) is 5.57. The fraction of sp³-hybridized carbons (Fsp3) is 0.667. The standard InChI is InChI=1S/C3H8N4OS/c4-3(8)6-7-5-1-2-9-7/h5H,1-2H2,(H3,4,6,8). The highest BCUT2D eigenvalue weighted by molar-refractivity contribution is 7.97. The molecule has 0 bridgehead atoms. The number of nitrogens with one attached hydrogen (secondary N) is 2. The molecule has 0 aromatic heterocycles. The van der Waals surface area contributed by atoms with E-state index in [4.69, 9.17) is 5.73 Å². The van der Waals surface area contributed by atoms with E-state index in [1.807, 2.05) is 0 Å². The Morgan fingerprint density at radius 2 is 2.67 bits per heavy atom. The zero-order valence-electron chi connectivity index (χ0n) is 4.76. The number of rotatable bonds is 1. The highest BCUT2D eigenvalue weighted by Gasteiger charge is 2.11. The summed E-state index contributed by atoms with van der Waals surface area (Å²) in [7, 11) is 0. The molecule has 1 rings (SSSR count). The predicted octanol–water partition coefficient (Wildman–Crippen LogP) is -0.962. The summed E-state index contributed by atoms with van der Waals surface area (Å²) in [4.78, 5) is 10.2. The third kappa shape index (κ3) is 2.08. The van der Waals surface area contributed by atoms with Gasteiger partial charge in [0.25, 0.3) is 0 Å². The molecule has 1 aliphatic heterocycles. The minimum atomic E-state index is -0.545. The largest absolute Gasteiger partial charge is 0.350 e. The molecular weight excluding hydrogens is 140 g/mol. The summed E-state index contributed by atoms with van der Waals surface area (Å²) in [5.41, 5.74) is 10.1. The molecule has 0 aromatic carbocycles. The lowest BCUT2D eigenvalue weighted by atomic mass is 10.8. The maximum Gasteiger partial charge on any atom is 0.328 e. The van der Waals surface area contributed by atoms with Crippen molar-refractivity contribution >= 4 is 18.0 Å². The molecule has 1 fully saturated rings. The molecule has 52 valence electrons. The van der Waals surface area contributed by atoms with Crippen LogP contribution in [0.5, 0.6) is 0 Å². The van der Waals surface area contributed by atoms with Crippen molar-refractivity contribution in [2.75, 3.05) is 12.3 Å². The van der Waals surface area contributed by atoms with Gasteiger partial charge in [-0.2, -0.15) is 0 Å². The van der Waals surface area contributed by atoms with Crippen molar-refractivity contribution in [3.8, 4) is 0 Å². The molecule has 0 unspecified atom stereocenters. The molecule has 6 heteroatoms. The van der Waals surface area contributed by atoms with Crippen molar-refractivity contribution in [2.24, 2.45) is 5.73 Å². The van der Waals surface area contributed by atoms with Crippen LogP contribution in [0.2, 0.25) is 0 Å². The first-order valence-corrected chi connectivity index (χ1v) is 3.46. The van der Waals surface area contributed by atoms with Gasteiger partial charge in [-0.05, 0) is 11.9 Å². The van der Waals surface area contributed by atoms with Crippen molar-refractivity contribution < 1.29 is 4.79 Å². The van der Waals surface area contributed by atoms with Gasteiger partial charge < -0.3 is 5.73 Å². The number of nitrogens with zero attached hydrogens (tertiary/aromatic N) is 1. The maximum absolute atomic E-state index is 10.2. The van der Waals surface area contributed by atoms with Gasteiger partial charge in [-0.15, -0.1) is 0 Å².